The number of hydrogen-bond acceptors (Lipinski definition) is 3. The summed E-state index contributed by atoms with van der Waals surface area (Å²) in [6, 6.07) is 17.0. The van der Waals surface area contributed by atoms with Crippen LogP contribution in [0.25, 0.3) is 11.0 Å². The minimum atomic E-state index is -0.258. The average Bonchev–Trinajstić information content (AvgIpc) is 3.07. The van der Waals surface area contributed by atoms with Crippen LogP contribution >= 0.6 is 0 Å². The lowest BCUT2D eigenvalue weighted by Crippen LogP contribution is -2.23. The highest BCUT2D eigenvalue weighted by Gasteiger charge is 2.26. The monoisotopic (exact) mass is 333 g/mol. The highest BCUT2D eigenvalue weighted by atomic mass is 16.4. The van der Waals surface area contributed by atoms with Crippen LogP contribution in [-0.4, -0.2) is 11.4 Å². The highest BCUT2D eigenvalue weighted by Crippen LogP contribution is 2.34. The van der Waals surface area contributed by atoms with Gasteiger partial charge in [0.1, 0.15) is 5.58 Å². The minimum absolute atomic E-state index is 0.258. The second kappa shape index (κ2) is 6.49. The van der Waals surface area contributed by atoms with Gasteiger partial charge in [-0.25, -0.2) is 4.79 Å². The number of fused-ring (bicyclic) bond motifs is 1. The van der Waals surface area contributed by atoms with Gasteiger partial charge in [0.2, 0.25) is 0 Å². The summed E-state index contributed by atoms with van der Waals surface area (Å²) < 4.78 is 5.52. The number of aryl methyl sites for hydroxylation is 2. The molecule has 0 amide bonds. The lowest BCUT2D eigenvalue weighted by molar-refractivity contribution is 0.249. The molecule has 1 fully saturated rings. The first-order valence-corrected chi connectivity index (χ1v) is 8.95. The van der Waals surface area contributed by atoms with Crippen molar-refractivity contribution >= 4 is 11.0 Å². The summed E-state index contributed by atoms with van der Waals surface area (Å²) in [4.78, 5) is 14.6. The first kappa shape index (κ1) is 16.1. The van der Waals surface area contributed by atoms with Crippen molar-refractivity contribution in [2.24, 2.45) is 0 Å². The van der Waals surface area contributed by atoms with Crippen LogP contribution in [0.4, 0.5) is 0 Å². The second-order valence-corrected chi connectivity index (χ2v) is 7.01. The molecule has 2 aromatic carbocycles. The van der Waals surface area contributed by atoms with Gasteiger partial charge in [-0.1, -0.05) is 42.5 Å². The molecule has 1 aliphatic heterocycles. The molecule has 4 rings (SSSR count). The Morgan fingerprint density at radius 1 is 1.12 bits per heavy atom. The fraction of sp³-hybridized carbons (Fsp3) is 0.318. The van der Waals surface area contributed by atoms with E-state index in [-0.39, 0.29) is 5.63 Å². The fourth-order valence-corrected chi connectivity index (χ4v) is 3.94. The van der Waals surface area contributed by atoms with Crippen LogP contribution in [0.15, 0.2) is 57.7 Å². The van der Waals surface area contributed by atoms with E-state index in [9.17, 15) is 4.79 Å². The summed E-state index contributed by atoms with van der Waals surface area (Å²) in [7, 11) is 0. The van der Waals surface area contributed by atoms with Gasteiger partial charge < -0.3 is 4.42 Å². The Bertz CT molecular complexity index is 959. The van der Waals surface area contributed by atoms with Crippen LogP contribution < -0.4 is 5.63 Å². The van der Waals surface area contributed by atoms with Crippen LogP contribution in [0.3, 0.4) is 0 Å². The Hall–Kier alpha value is -2.39. The van der Waals surface area contributed by atoms with Crippen molar-refractivity contribution in [1.29, 1.82) is 0 Å². The lowest BCUT2D eigenvalue weighted by Gasteiger charge is -2.25. The maximum absolute atomic E-state index is 12.1. The zero-order valence-corrected chi connectivity index (χ0v) is 14.8. The zero-order valence-electron chi connectivity index (χ0n) is 14.8. The molecular formula is C22H23NO2. The molecule has 1 aliphatic rings. The van der Waals surface area contributed by atoms with Gasteiger partial charge in [-0.3, -0.25) is 4.90 Å². The lowest BCUT2D eigenvalue weighted by atomic mass is 10.0. The summed E-state index contributed by atoms with van der Waals surface area (Å²) >= 11 is 0. The molecule has 0 N–H and O–H groups in total. The molecule has 0 spiro atoms. The third-order valence-electron chi connectivity index (χ3n) is 5.44. The van der Waals surface area contributed by atoms with Crippen molar-refractivity contribution in [1.82, 2.24) is 4.90 Å². The molecule has 1 saturated heterocycles. The van der Waals surface area contributed by atoms with E-state index in [1.807, 2.05) is 13.8 Å². The van der Waals surface area contributed by atoms with Crippen molar-refractivity contribution in [3.05, 3.63) is 81.2 Å². The standard InChI is InChI=1S/C22H23NO2/c1-15-10-11-19-18(13-21(24)25-22(19)16(15)2)14-23-12-6-9-20(23)17-7-4-3-5-8-17/h3-5,7-8,10-11,13,20H,6,9,12,14H2,1-2H3. The van der Waals surface area contributed by atoms with Crippen molar-refractivity contribution in [2.45, 2.75) is 39.3 Å². The molecule has 25 heavy (non-hydrogen) atoms. The van der Waals surface area contributed by atoms with Crippen LogP contribution in [0, 0.1) is 13.8 Å². The molecule has 0 bridgehead atoms. The molecular weight excluding hydrogens is 310 g/mol. The van der Waals surface area contributed by atoms with Gasteiger partial charge in [-0.15, -0.1) is 0 Å². The van der Waals surface area contributed by atoms with Crippen LogP contribution in [-0.2, 0) is 6.54 Å². The Morgan fingerprint density at radius 3 is 2.72 bits per heavy atom. The van der Waals surface area contributed by atoms with Crippen molar-refractivity contribution in [3.8, 4) is 0 Å². The maximum atomic E-state index is 12.1. The second-order valence-electron chi connectivity index (χ2n) is 7.01. The van der Waals surface area contributed by atoms with E-state index < -0.39 is 0 Å². The van der Waals surface area contributed by atoms with Gasteiger partial charge in [0, 0.05) is 24.0 Å². The van der Waals surface area contributed by atoms with E-state index in [4.69, 9.17) is 4.42 Å². The Morgan fingerprint density at radius 2 is 1.92 bits per heavy atom. The topological polar surface area (TPSA) is 33.5 Å². The predicted octanol–water partition coefficient (Wildman–Crippen LogP) is 4.75. The summed E-state index contributed by atoms with van der Waals surface area (Å²) in [5.41, 5.74) is 5.11. The van der Waals surface area contributed by atoms with E-state index in [1.54, 1.807) is 6.07 Å². The molecule has 128 valence electrons. The maximum Gasteiger partial charge on any atom is 0.336 e. The Labute approximate surface area is 147 Å². The number of rotatable bonds is 3. The molecule has 3 aromatic rings. The van der Waals surface area contributed by atoms with Crippen molar-refractivity contribution in [3.63, 3.8) is 0 Å². The normalized spacial score (nSPS) is 18.1. The van der Waals surface area contributed by atoms with Gasteiger partial charge in [0.05, 0.1) is 0 Å². The van der Waals surface area contributed by atoms with Gasteiger partial charge in [0.15, 0.2) is 0 Å². The number of benzene rings is 2. The first-order chi connectivity index (χ1) is 12.1. The van der Waals surface area contributed by atoms with E-state index in [0.717, 1.165) is 40.7 Å². The van der Waals surface area contributed by atoms with E-state index in [0.29, 0.717) is 6.04 Å². The smallest absolute Gasteiger partial charge is 0.336 e. The molecule has 1 aromatic heterocycles. The third kappa shape index (κ3) is 3.00. The number of hydrogen-bond donors (Lipinski definition) is 0. The SMILES string of the molecule is Cc1ccc2c(CN3CCCC3c3ccccc3)cc(=O)oc2c1C. The summed E-state index contributed by atoms with van der Waals surface area (Å²) in [5, 5.41) is 1.06. The molecule has 3 heteroatoms. The molecule has 0 radical (unpaired) electrons. The summed E-state index contributed by atoms with van der Waals surface area (Å²) in [6.07, 6.45) is 2.36. The predicted molar refractivity (Wildman–Crippen MR) is 101 cm³/mol. The van der Waals surface area contributed by atoms with Crippen LogP contribution in [0.2, 0.25) is 0 Å². The summed E-state index contributed by atoms with van der Waals surface area (Å²) in [6.45, 7) is 5.91. The number of likely N-dealkylation sites (tertiary alicyclic amines) is 1. The fourth-order valence-electron chi connectivity index (χ4n) is 3.94. The van der Waals surface area contributed by atoms with Crippen LogP contribution in [0.1, 0.15) is 41.1 Å². The van der Waals surface area contributed by atoms with E-state index >= 15 is 0 Å². The zero-order chi connectivity index (χ0) is 17.4. The van der Waals surface area contributed by atoms with Crippen molar-refractivity contribution in [2.75, 3.05) is 6.54 Å². The Kier molecular flexibility index (Phi) is 4.18. The quantitative estimate of drug-likeness (QED) is 0.649. The summed E-state index contributed by atoms with van der Waals surface area (Å²) in [5.74, 6) is 0. The first-order valence-electron chi connectivity index (χ1n) is 8.95. The third-order valence-corrected chi connectivity index (χ3v) is 5.44. The minimum Gasteiger partial charge on any atom is -0.422 e. The largest absolute Gasteiger partial charge is 0.422 e. The molecule has 1 atom stereocenters. The molecule has 0 aliphatic carbocycles. The van der Waals surface area contributed by atoms with E-state index in [2.05, 4.69) is 47.4 Å². The molecule has 0 saturated carbocycles. The number of nitrogens with zero attached hydrogens (tertiary/aromatic N) is 1. The van der Waals surface area contributed by atoms with Gasteiger partial charge in [-0.2, -0.15) is 0 Å². The van der Waals surface area contributed by atoms with Gasteiger partial charge >= 0.3 is 5.63 Å². The molecule has 2 heterocycles. The highest BCUT2D eigenvalue weighted by molar-refractivity contribution is 5.83. The Balaban J connectivity index is 1.73. The van der Waals surface area contributed by atoms with Crippen LogP contribution in [0.5, 0.6) is 0 Å². The van der Waals surface area contributed by atoms with E-state index in [1.165, 1.54) is 18.4 Å². The van der Waals surface area contributed by atoms with Gasteiger partial charge in [0.25, 0.3) is 0 Å². The van der Waals surface area contributed by atoms with Crippen molar-refractivity contribution < 1.29 is 4.42 Å². The van der Waals surface area contributed by atoms with Gasteiger partial charge in [-0.05, 0) is 55.5 Å². The average molecular weight is 333 g/mol. The molecule has 3 nitrogen and oxygen atoms in total. The molecule has 1 unspecified atom stereocenters.